The Morgan fingerprint density at radius 3 is 1.74 bits per heavy atom. The highest BCUT2D eigenvalue weighted by Crippen LogP contribution is 2.23. The maximum atomic E-state index is 13.3. The second-order valence-electron chi connectivity index (χ2n) is 5.54. The Kier molecular flexibility index (Phi) is 12.7. The minimum Gasteiger partial charge on any atom is -0.274 e. The van der Waals surface area contributed by atoms with E-state index < -0.39 is 12.6 Å². The van der Waals surface area contributed by atoms with E-state index in [0.29, 0.717) is 6.42 Å². The molecule has 1 aromatic carbocycles. The van der Waals surface area contributed by atoms with Crippen LogP contribution in [0.2, 0.25) is 0 Å². The van der Waals surface area contributed by atoms with Gasteiger partial charge < -0.3 is 0 Å². The summed E-state index contributed by atoms with van der Waals surface area (Å²) in [6.07, 6.45) is 3.04. The van der Waals surface area contributed by atoms with Crippen LogP contribution >= 0.6 is 0 Å². The van der Waals surface area contributed by atoms with Gasteiger partial charge in [-0.25, -0.2) is 4.39 Å². The largest absolute Gasteiger partial charge is 0.389 e. The number of halogens is 4. The molecule has 0 fully saturated rings. The van der Waals surface area contributed by atoms with E-state index >= 15 is 0 Å². The summed E-state index contributed by atoms with van der Waals surface area (Å²) in [6, 6.07) is 6.84. The van der Waals surface area contributed by atoms with Gasteiger partial charge in [0.05, 0.1) is 0 Å². The van der Waals surface area contributed by atoms with Gasteiger partial charge in [-0.1, -0.05) is 56.7 Å². The lowest BCUT2D eigenvalue weighted by atomic mass is 10.0. The molecule has 0 unspecified atom stereocenters. The predicted molar refractivity (Wildman–Crippen MR) is 86.1 cm³/mol. The van der Waals surface area contributed by atoms with Gasteiger partial charge in [0.15, 0.2) is 0 Å². The lowest BCUT2D eigenvalue weighted by molar-refractivity contribution is -0.135. The standard InChI is InChI=1S/C17H24F4.H4N2/c18-16-13-9-8-12-15(16)11-7-5-3-1-2-4-6-10-14-17(19,20)21;1-2/h8-9,12-13H,1-7,10-11,14H2;1-2H2. The smallest absolute Gasteiger partial charge is 0.274 e. The summed E-state index contributed by atoms with van der Waals surface area (Å²) >= 11 is 0. The Labute approximate surface area is 136 Å². The molecule has 0 amide bonds. The number of alkyl halides is 3. The van der Waals surface area contributed by atoms with Crippen LogP contribution in [0.15, 0.2) is 24.3 Å². The highest BCUT2D eigenvalue weighted by Gasteiger charge is 2.25. The third-order valence-corrected chi connectivity index (χ3v) is 3.61. The minimum absolute atomic E-state index is 0.137. The van der Waals surface area contributed by atoms with E-state index in [4.69, 9.17) is 0 Å². The van der Waals surface area contributed by atoms with Gasteiger partial charge in [-0.05, 0) is 30.9 Å². The van der Waals surface area contributed by atoms with E-state index in [1.807, 2.05) is 12.1 Å². The van der Waals surface area contributed by atoms with Crippen LogP contribution in [0.1, 0.15) is 63.4 Å². The summed E-state index contributed by atoms with van der Waals surface area (Å²) in [4.78, 5) is 0. The fourth-order valence-corrected chi connectivity index (χ4v) is 2.40. The van der Waals surface area contributed by atoms with E-state index in [1.54, 1.807) is 6.07 Å². The minimum atomic E-state index is -4.01. The van der Waals surface area contributed by atoms with Gasteiger partial charge in [0.2, 0.25) is 0 Å². The molecule has 4 N–H and O–H groups in total. The first-order valence-electron chi connectivity index (χ1n) is 8.12. The van der Waals surface area contributed by atoms with Crippen molar-refractivity contribution in [2.45, 2.75) is 70.4 Å². The number of hydrogen-bond donors (Lipinski definition) is 2. The Hall–Kier alpha value is -1.14. The molecule has 0 bridgehead atoms. The lowest BCUT2D eigenvalue weighted by Crippen LogP contribution is -2.06. The molecule has 1 rings (SSSR count). The second-order valence-corrected chi connectivity index (χ2v) is 5.54. The van der Waals surface area contributed by atoms with E-state index in [1.165, 1.54) is 6.07 Å². The highest BCUT2D eigenvalue weighted by molar-refractivity contribution is 5.17. The van der Waals surface area contributed by atoms with Crippen LogP contribution in [0.25, 0.3) is 0 Å². The molecule has 0 aliphatic carbocycles. The number of benzene rings is 1. The van der Waals surface area contributed by atoms with Crippen LogP contribution in [0.3, 0.4) is 0 Å². The molecule has 1 aromatic rings. The SMILES string of the molecule is Fc1ccccc1CCCCCCCCCCC(F)(F)F.NN. The molecule has 0 heterocycles. The second kappa shape index (κ2) is 13.3. The van der Waals surface area contributed by atoms with Gasteiger partial charge in [0, 0.05) is 6.42 Å². The zero-order valence-electron chi connectivity index (χ0n) is 13.5. The average Bonchev–Trinajstić information content (AvgIpc) is 2.52. The topological polar surface area (TPSA) is 52.0 Å². The third kappa shape index (κ3) is 13.0. The van der Waals surface area contributed by atoms with E-state index in [0.717, 1.165) is 50.5 Å². The Morgan fingerprint density at radius 1 is 0.739 bits per heavy atom. The van der Waals surface area contributed by atoms with E-state index in [2.05, 4.69) is 11.7 Å². The maximum absolute atomic E-state index is 13.3. The summed E-state index contributed by atoms with van der Waals surface area (Å²) in [7, 11) is 0. The lowest BCUT2D eigenvalue weighted by Gasteiger charge is -2.06. The first-order valence-corrected chi connectivity index (χ1v) is 8.12. The van der Waals surface area contributed by atoms with Crippen molar-refractivity contribution >= 4 is 0 Å². The molecular weight excluding hydrogens is 308 g/mol. The quantitative estimate of drug-likeness (QED) is 0.265. The molecule has 0 saturated carbocycles. The number of hydrogen-bond acceptors (Lipinski definition) is 2. The van der Waals surface area contributed by atoms with Crippen molar-refractivity contribution in [3.05, 3.63) is 35.6 Å². The van der Waals surface area contributed by atoms with Crippen LogP contribution in [0.5, 0.6) is 0 Å². The summed E-state index contributed by atoms with van der Waals surface area (Å²) in [5.41, 5.74) is 0.768. The van der Waals surface area contributed by atoms with Crippen molar-refractivity contribution in [2.24, 2.45) is 11.7 Å². The molecule has 2 nitrogen and oxygen atoms in total. The van der Waals surface area contributed by atoms with Crippen molar-refractivity contribution in [2.75, 3.05) is 0 Å². The number of hydrazine groups is 1. The molecule has 0 saturated heterocycles. The summed E-state index contributed by atoms with van der Waals surface area (Å²) in [6.45, 7) is 0. The predicted octanol–water partition coefficient (Wildman–Crippen LogP) is 5.26. The van der Waals surface area contributed by atoms with Gasteiger partial charge >= 0.3 is 6.18 Å². The third-order valence-electron chi connectivity index (χ3n) is 3.61. The molecule has 0 aliphatic heterocycles. The molecule has 0 atom stereocenters. The van der Waals surface area contributed by atoms with Crippen molar-refractivity contribution in [1.29, 1.82) is 0 Å². The Balaban J connectivity index is 0.00000232. The molecule has 134 valence electrons. The molecular formula is C17H28F4N2. The Morgan fingerprint density at radius 2 is 1.22 bits per heavy atom. The van der Waals surface area contributed by atoms with Gasteiger partial charge in [-0.3, -0.25) is 11.7 Å². The summed E-state index contributed by atoms with van der Waals surface area (Å²) in [5, 5.41) is 0. The molecule has 0 aromatic heterocycles. The van der Waals surface area contributed by atoms with Crippen LogP contribution in [0.4, 0.5) is 17.6 Å². The van der Waals surface area contributed by atoms with Crippen molar-refractivity contribution in [3.8, 4) is 0 Å². The van der Waals surface area contributed by atoms with Crippen molar-refractivity contribution in [3.63, 3.8) is 0 Å². The van der Waals surface area contributed by atoms with Crippen LogP contribution in [-0.4, -0.2) is 6.18 Å². The van der Waals surface area contributed by atoms with Crippen molar-refractivity contribution in [1.82, 2.24) is 0 Å². The average molecular weight is 336 g/mol. The fourth-order valence-electron chi connectivity index (χ4n) is 2.40. The summed E-state index contributed by atoms with van der Waals surface area (Å²) < 4.78 is 49.1. The zero-order chi connectivity index (χ0) is 17.6. The number of aryl methyl sites for hydroxylation is 1. The molecule has 0 radical (unpaired) electrons. The monoisotopic (exact) mass is 336 g/mol. The number of unbranched alkanes of at least 4 members (excludes halogenated alkanes) is 7. The van der Waals surface area contributed by atoms with E-state index in [9.17, 15) is 17.6 Å². The fraction of sp³-hybridized carbons (Fsp3) is 0.647. The van der Waals surface area contributed by atoms with Crippen LogP contribution < -0.4 is 11.7 Å². The molecule has 0 spiro atoms. The first-order chi connectivity index (χ1) is 11.0. The highest BCUT2D eigenvalue weighted by atomic mass is 19.4. The Bertz CT molecular complexity index is 394. The molecule has 6 heteroatoms. The normalized spacial score (nSPS) is 11.0. The van der Waals surface area contributed by atoms with Gasteiger partial charge in [-0.2, -0.15) is 13.2 Å². The first kappa shape index (κ1) is 21.9. The number of rotatable bonds is 10. The molecule has 0 aliphatic rings. The zero-order valence-corrected chi connectivity index (χ0v) is 13.5. The summed E-state index contributed by atoms with van der Waals surface area (Å²) in [5.74, 6) is 7.86. The van der Waals surface area contributed by atoms with Gasteiger partial charge in [-0.15, -0.1) is 0 Å². The maximum Gasteiger partial charge on any atom is 0.389 e. The van der Waals surface area contributed by atoms with E-state index in [-0.39, 0.29) is 12.2 Å². The van der Waals surface area contributed by atoms with Crippen LogP contribution in [0, 0.1) is 5.82 Å². The van der Waals surface area contributed by atoms with Crippen molar-refractivity contribution < 1.29 is 17.6 Å². The van der Waals surface area contributed by atoms with Gasteiger partial charge in [0.25, 0.3) is 0 Å². The number of nitrogens with two attached hydrogens (primary N) is 2. The van der Waals surface area contributed by atoms with Gasteiger partial charge in [0.1, 0.15) is 5.82 Å². The molecule has 23 heavy (non-hydrogen) atoms. The van der Waals surface area contributed by atoms with Crippen LogP contribution in [-0.2, 0) is 6.42 Å².